The van der Waals surface area contributed by atoms with E-state index < -0.39 is 0 Å². The minimum Gasteiger partial charge on any atom is -0.494 e. The number of nitrogens with zero attached hydrogens (tertiary/aromatic N) is 2. The fourth-order valence-corrected chi connectivity index (χ4v) is 2.36. The molecule has 0 aliphatic carbocycles. The van der Waals surface area contributed by atoms with E-state index in [1.165, 1.54) is 4.68 Å². The number of hydrogen-bond acceptors (Lipinski definition) is 3. The van der Waals surface area contributed by atoms with Crippen LogP contribution in [0.2, 0.25) is 0 Å². The fourth-order valence-electron chi connectivity index (χ4n) is 2.36. The Morgan fingerprint density at radius 1 is 0.957 bits per heavy atom. The van der Waals surface area contributed by atoms with E-state index in [2.05, 4.69) is 5.10 Å². The number of benzene rings is 2. The molecule has 0 atom stereocenters. The van der Waals surface area contributed by atoms with Crippen LogP contribution in [0.25, 0.3) is 11.3 Å². The van der Waals surface area contributed by atoms with Crippen LogP contribution in [0, 0.1) is 0 Å². The number of hydrogen-bond donors (Lipinski definition) is 0. The van der Waals surface area contributed by atoms with Crippen molar-refractivity contribution in [1.82, 2.24) is 9.78 Å². The van der Waals surface area contributed by atoms with Crippen molar-refractivity contribution >= 4 is 0 Å². The standard InChI is InChI=1S/C19H18N2O2/c1-2-23-17-10-8-16(9-11-17)18-12-13-19(22)21(20-18)14-15-6-4-3-5-7-15/h3-13H,2,14H2,1H3. The molecule has 0 N–H and O–H groups in total. The fraction of sp³-hybridized carbons (Fsp3) is 0.158. The van der Waals surface area contributed by atoms with Crippen LogP contribution in [0.15, 0.2) is 71.5 Å². The Morgan fingerprint density at radius 3 is 2.39 bits per heavy atom. The summed E-state index contributed by atoms with van der Waals surface area (Å²) in [6.45, 7) is 3.05. The molecule has 0 amide bonds. The van der Waals surface area contributed by atoms with Gasteiger partial charge in [0.2, 0.25) is 0 Å². The molecule has 1 heterocycles. The highest BCUT2D eigenvalue weighted by Gasteiger charge is 2.05. The summed E-state index contributed by atoms with van der Waals surface area (Å²) >= 11 is 0. The van der Waals surface area contributed by atoms with Crippen LogP contribution in [-0.2, 0) is 6.54 Å². The largest absolute Gasteiger partial charge is 0.494 e. The van der Waals surface area contributed by atoms with Gasteiger partial charge in [-0.1, -0.05) is 30.3 Å². The third-order valence-electron chi connectivity index (χ3n) is 3.50. The summed E-state index contributed by atoms with van der Waals surface area (Å²) < 4.78 is 6.93. The molecule has 3 aromatic rings. The smallest absolute Gasteiger partial charge is 0.267 e. The van der Waals surface area contributed by atoms with Crippen molar-refractivity contribution in [3.8, 4) is 17.0 Å². The molecule has 0 unspecified atom stereocenters. The number of rotatable bonds is 5. The zero-order valence-corrected chi connectivity index (χ0v) is 13.0. The summed E-state index contributed by atoms with van der Waals surface area (Å²) in [6.07, 6.45) is 0. The maximum absolute atomic E-state index is 12.0. The molecule has 3 rings (SSSR count). The molecule has 23 heavy (non-hydrogen) atoms. The van der Waals surface area contributed by atoms with E-state index in [1.54, 1.807) is 12.1 Å². The van der Waals surface area contributed by atoms with Crippen molar-refractivity contribution in [1.29, 1.82) is 0 Å². The normalized spacial score (nSPS) is 10.5. The summed E-state index contributed by atoms with van der Waals surface area (Å²) in [5.41, 5.74) is 2.66. The first kappa shape index (κ1) is 15.0. The van der Waals surface area contributed by atoms with Crippen LogP contribution in [-0.4, -0.2) is 16.4 Å². The van der Waals surface area contributed by atoms with Crippen LogP contribution >= 0.6 is 0 Å². The highest BCUT2D eigenvalue weighted by molar-refractivity contribution is 5.59. The third-order valence-corrected chi connectivity index (χ3v) is 3.50. The minimum absolute atomic E-state index is 0.108. The van der Waals surface area contributed by atoms with E-state index in [-0.39, 0.29) is 5.56 Å². The molecule has 116 valence electrons. The van der Waals surface area contributed by atoms with Crippen molar-refractivity contribution in [2.45, 2.75) is 13.5 Å². The first-order valence-electron chi connectivity index (χ1n) is 7.61. The van der Waals surface area contributed by atoms with Crippen LogP contribution in [0.3, 0.4) is 0 Å². The van der Waals surface area contributed by atoms with Crippen LogP contribution in [0.5, 0.6) is 5.75 Å². The predicted molar refractivity (Wildman–Crippen MR) is 90.6 cm³/mol. The zero-order valence-electron chi connectivity index (χ0n) is 13.0. The first-order valence-corrected chi connectivity index (χ1v) is 7.61. The average Bonchev–Trinajstić information content (AvgIpc) is 2.59. The monoisotopic (exact) mass is 306 g/mol. The lowest BCUT2D eigenvalue weighted by molar-refractivity contribution is 0.340. The van der Waals surface area contributed by atoms with E-state index in [9.17, 15) is 4.79 Å². The molecular formula is C19H18N2O2. The Morgan fingerprint density at radius 2 is 1.70 bits per heavy atom. The van der Waals surface area contributed by atoms with E-state index in [0.29, 0.717) is 13.2 Å². The van der Waals surface area contributed by atoms with Crippen LogP contribution in [0.4, 0.5) is 0 Å². The van der Waals surface area contributed by atoms with Gasteiger partial charge in [-0.05, 0) is 42.8 Å². The SMILES string of the molecule is CCOc1ccc(-c2ccc(=O)n(Cc3ccccc3)n2)cc1. The number of aromatic nitrogens is 2. The molecule has 4 heteroatoms. The quantitative estimate of drug-likeness (QED) is 0.726. The van der Waals surface area contributed by atoms with Gasteiger partial charge in [0.1, 0.15) is 5.75 Å². The second kappa shape index (κ2) is 6.92. The van der Waals surface area contributed by atoms with Crippen molar-refractivity contribution in [3.05, 3.63) is 82.6 Å². The number of ether oxygens (including phenoxy) is 1. The van der Waals surface area contributed by atoms with Gasteiger partial charge in [-0.2, -0.15) is 5.10 Å². The lowest BCUT2D eigenvalue weighted by Crippen LogP contribution is -2.22. The van der Waals surface area contributed by atoms with Gasteiger partial charge in [-0.15, -0.1) is 0 Å². The molecular weight excluding hydrogens is 288 g/mol. The third kappa shape index (κ3) is 3.66. The minimum atomic E-state index is -0.108. The Balaban J connectivity index is 1.89. The maximum Gasteiger partial charge on any atom is 0.267 e. The Kier molecular flexibility index (Phi) is 4.52. The molecule has 1 aromatic heterocycles. The van der Waals surface area contributed by atoms with Gasteiger partial charge in [0.05, 0.1) is 18.8 Å². The van der Waals surface area contributed by atoms with Gasteiger partial charge in [0.25, 0.3) is 5.56 Å². The second-order valence-corrected chi connectivity index (χ2v) is 5.16. The average molecular weight is 306 g/mol. The molecule has 0 aliphatic heterocycles. The van der Waals surface area contributed by atoms with Gasteiger partial charge in [-0.25, -0.2) is 4.68 Å². The van der Waals surface area contributed by atoms with Crippen molar-refractivity contribution < 1.29 is 4.74 Å². The van der Waals surface area contributed by atoms with Gasteiger partial charge >= 0.3 is 0 Å². The summed E-state index contributed by atoms with van der Waals surface area (Å²) in [7, 11) is 0. The molecule has 4 nitrogen and oxygen atoms in total. The molecule has 2 aromatic carbocycles. The predicted octanol–water partition coefficient (Wildman–Crippen LogP) is 3.36. The van der Waals surface area contributed by atoms with Crippen molar-refractivity contribution in [3.63, 3.8) is 0 Å². The zero-order chi connectivity index (χ0) is 16.1. The molecule has 0 radical (unpaired) electrons. The van der Waals surface area contributed by atoms with E-state index in [1.807, 2.05) is 61.5 Å². The molecule has 0 aliphatic rings. The molecule has 0 spiro atoms. The van der Waals surface area contributed by atoms with Gasteiger partial charge in [-0.3, -0.25) is 4.79 Å². The van der Waals surface area contributed by atoms with Crippen molar-refractivity contribution in [2.24, 2.45) is 0 Å². The molecule has 0 saturated carbocycles. The highest BCUT2D eigenvalue weighted by atomic mass is 16.5. The van der Waals surface area contributed by atoms with E-state index >= 15 is 0 Å². The molecule has 0 saturated heterocycles. The lowest BCUT2D eigenvalue weighted by atomic mass is 10.1. The van der Waals surface area contributed by atoms with Crippen molar-refractivity contribution in [2.75, 3.05) is 6.61 Å². The Bertz CT molecular complexity index is 824. The highest BCUT2D eigenvalue weighted by Crippen LogP contribution is 2.20. The summed E-state index contributed by atoms with van der Waals surface area (Å²) in [5.74, 6) is 0.828. The van der Waals surface area contributed by atoms with Crippen LogP contribution in [0.1, 0.15) is 12.5 Å². The summed E-state index contributed by atoms with van der Waals surface area (Å²) in [6, 6.07) is 20.9. The molecule has 0 fully saturated rings. The van der Waals surface area contributed by atoms with Gasteiger partial charge < -0.3 is 4.74 Å². The van der Waals surface area contributed by atoms with Gasteiger partial charge in [0.15, 0.2) is 0 Å². The topological polar surface area (TPSA) is 44.1 Å². The van der Waals surface area contributed by atoms with Crippen LogP contribution < -0.4 is 10.3 Å². The van der Waals surface area contributed by atoms with E-state index in [0.717, 1.165) is 22.6 Å². The maximum atomic E-state index is 12.0. The Labute approximate surface area is 135 Å². The summed E-state index contributed by atoms with van der Waals surface area (Å²) in [5, 5.41) is 4.48. The first-order chi connectivity index (χ1) is 11.3. The molecule has 0 bridgehead atoms. The lowest BCUT2D eigenvalue weighted by Gasteiger charge is -2.08. The van der Waals surface area contributed by atoms with Gasteiger partial charge in [0, 0.05) is 11.6 Å². The van der Waals surface area contributed by atoms with E-state index in [4.69, 9.17) is 4.74 Å². The Hall–Kier alpha value is -2.88. The summed E-state index contributed by atoms with van der Waals surface area (Å²) in [4.78, 5) is 12.0. The second-order valence-electron chi connectivity index (χ2n) is 5.16.